The quantitative estimate of drug-likeness (QED) is 0.106. The first-order valence-electron chi connectivity index (χ1n) is 8.73. The van der Waals surface area contributed by atoms with E-state index in [2.05, 4.69) is 34.1 Å². The van der Waals surface area contributed by atoms with Crippen molar-refractivity contribution in [1.29, 1.82) is 0 Å². The normalized spacial score (nSPS) is 11.8. The molecule has 166 valence electrons. The number of hydrogen-bond acceptors (Lipinski definition) is 7. The first kappa shape index (κ1) is 24.9. The number of nitrogens with one attached hydrogen (secondary N) is 4. The summed E-state index contributed by atoms with van der Waals surface area (Å²) >= 11 is 15.2. The van der Waals surface area contributed by atoms with Crippen LogP contribution < -0.4 is 26.6 Å². The molecule has 0 saturated carbocycles. The number of carbonyl (C=O) groups is 2. The Morgan fingerprint density at radius 1 is 1.10 bits per heavy atom. The van der Waals surface area contributed by atoms with Gasteiger partial charge in [0.2, 0.25) is 15.9 Å². The van der Waals surface area contributed by atoms with Crippen molar-refractivity contribution in [2.24, 2.45) is 5.14 Å². The Balaban J connectivity index is 1.73. The lowest BCUT2D eigenvalue weighted by molar-refractivity contribution is -0.128. The number of anilines is 2. The number of benzene rings is 2. The fourth-order valence-corrected chi connectivity index (χ4v) is 3.58. The first-order valence-corrected chi connectivity index (χ1v) is 11.6. The summed E-state index contributed by atoms with van der Waals surface area (Å²) in [5.41, 5.74) is 6.01. The molecule has 0 spiro atoms. The van der Waals surface area contributed by atoms with Crippen molar-refractivity contribution in [2.45, 2.75) is 23.1 Å². The zero-order valence-corrected chi connectivity index (χ0v) is 19.2. The second-order valence-corrected chi connectivity index (χ2v) is 9.32. The van der Waals surface area contributed by atoms with Gasteiger partial charge in [-0.05, 0) is 54.7 Å². The maximum absolute atomic E-state index is 12.1. The van der Waals surface area contributed by atoms with Gasteiger partial charge in [0.25, 0.3) is 0 Å². The van der Waals surface area contributed by atoms with E-state index in [1.807, 2.05) is 0 Å². The number of halogens is 1. The summed E-state index contributed by atoms with van der Waals surface area (Å²) in [6, 6.07) is 12.5. The zero-order chi connectivity index (χ0) is 23.0. The Labute approximate surface area is 195 Å². The van der Waals surface area contributed by atoms with Crippen LogP contribution >= 0.6 is 36.4 Å². The summed E-state index contributed by atoms with van der Waals surface area (Å²) in [6.07, 6.45) is -0.422. The number of hydrogen-bond donors (Lipinski definition) is 6. The van der Waals surface area contributed by atoms with Gasteiger partial charge in [0.15, 0.2) is 5.11 Å². The Hall–Kier alpha value is -2.38. The van der Waals surface area contributed by atoms with Gasteiger partial charge in [0.05, 0.1) is 16.7 Å². The third kappa shape index (κ3) is 9.11. The monoisotopic (exact) mass is 501 g/mol. The highest BCUT2D eigenvalue weighted by Crippen LogP contribution is 2.16. The molecule has 0 bridgehead atoms. The molecule has 1 amide bonds. The molecule has 2 aromatic rings. The van der Waals surface area contributed by atoms with Crippen LogP contribution in [0.3, 0.4) is 0 Å². The lowest BCUT2D eigenvalue weighted by Crippen LogP contribution is -2.44. The molecule has 2 rings (SSSR count). The van der Waals surface area contributed by atoms with Crippen molar-refractivity contribution in [2.75, 3.05) is 10.6 Å². The molecule has 9 nitrogen and oxygen atoms in total. The van der Waals surface area contributed by atoms with E-state index in [9.17, 15) is 18.0 Å². The predicted molar refractivity (Wildman–Crippen MR) is 127 cm³/mol. The molecule has 0 radical (unpaired) electrons. The van der Waals surface area contributed by atoms with Crippen LogP contribution in [0.15, 0.2) is 53.4 Å². The summed E-state index contributed by atoms with van der Waals surface area (Å²) in [4.78, 5) is 24.0. The third-order valence-corrected chi connectivity index (χ3v) is 5.37. The average molecular weight is 502 g/mol. The highest BCUT2D eigenvalue weighted by atomic mass is 35.5. The number of ketones is 1. The number of primary sulfonamides is 1. The van der Waals surface area contributed by atoms with Crippen LogP contribution in [0.5, 0.6) is 0 Å². The minimum absolute atomic E-state index is 0.0308. The highest BCUT2D eigenvalue weighted by molar-refractivity contribution is 7.89. The van der Waals surface area contributed by atoms with Gasteiger partial charge in [0.1, 0.15) is 5.78 Å². The van der Waals surface area contributed by atoms with Crippen molar-refractivity contribution in [3.63, 3.8) is 0 Å². The molecule has 0 saturated heterocycles. The van der Waals surface area contributed by atoms with Crippen LogP contribution in [0.1, 0.15) is 12.8 Å². The van der Waals surface area contributed by atoms with Gasteiger partial charge in [-0.3, -0.25) is 20.4 Å². The molecule has 0 aliphatic rings. The third-order valence-electron chi connectivity index (χ3n) is 3.69. The van der Waals surface area contributed by atoms with E-state index < -0.39 is 21.3 Å². The predicted octanol–water partition coefficient (Wildman–Crippen LogP) is 2.02. The summed E-state index contributed by atoms with van der Waals surface area (Å²) in [5, 5.41) is 10.9. The van der Waals surface area contributed by atoms with E-state index in [-0.39, 0.29) is 28.6 Å². The average Bonchev–Trinajstić information content (AvgIpc) is 2.66. The molecule has 6 N–H and O–H groups in total. The fourth-order valence-electron chi connectivity index (χ4n) is 2.35. The topological polar surface area (TPSA) is 142 Å². The van der Waals surface area contributed by atoms with Gasteiger partial charge in [-0.2, -0.15) is 12.6 Å². The summed E-state index contributed by atoms with van der Waals surface area (Å²) in [6.45, 7) is 0. The molecular weight excluding hydrogens is 482 g/mol. The van der Waals surface area contributed by atoms with E-state index >= 15 is 0 Å². The van der Waals surface area contributed by atoms with Gasteiger partial charge in [-0.25, -0.2) is 13.6 Å². The van der Waals surface area contributed by atoms with Crippen LogP contribution in [0.25, 0.3) is 0 Å². The number of Topliss-reactive ketones (excluding diaryl/α,β-unsaturated/α-hetero) is 1. The first-order chi connectivity index (χ1) is 14.5. The maximum Gasteiger partial charge on any atom is 0.245 e. The van der Waals surface area contributed by atoms with Crippen molar-refractivity contribution in [1.82, 2.24) is 10.9 Å². The number of carbonyl (C=O) groups excluding carboxylic acids is 2. The van der Waals surface area contributed by atoms with Crippen LogP contribution in [-0.2, 0) is 19.6 Å². The standard InChI is InChI=1S/C18H20ClN5O4S3/c19-11-2-1-3-13(8-11)22-18(30)24-23-16(26)9-14(25)10-17(29)21-12-4-6-15(7-5-12)31(20,27)28/h1-8,17,21,29H,9-10H2,(H,23,26)(H2,20,27,28)(H2,22,24,30). The molecule has 13 heteroatoms. The molecule has 31 heavy (non-hydrogen) atoms. The van der Waals surface area contributed by atoms with Gasteiger partial charge < -0.3 is 10.6 Å². The van der Waals surface area contributed by atoms with E-state index in [4.69, 9.17) is 29.0 Å². The molecule has 0 aromatic heterocycles. The molecule has 0 aliphatic heterocycles. The molecule has 1 atom stereocenters. The van der Waals surface area contributed by atoms with E-state index in [1.165, 1.54) is 24.3 Å². The molecule has 0 fully saturated rings. The highest BCUT2D eigenvalue weighted by Gasteiger charge is 2.15. The van der Waals surface area contributed by atoms with Crippen molar-refractivity contribution < 1.29 is 18.0 Å². The van der Waals surface area contributed by atoms with E-state index in [1.54, 1.807) is 24.3 Å². The van der Waals surface area contributed by atoms with Crippen LogP contribution in [0.4, 0.5) is 11.4 Å². The Morgan fingerprint density at radius 3 is 2.39 bits per heavy atom. The molecule has 0 aliphatic carbocycles. The van der Waals surface area contributed by atoms with Gasteiger partial charge in [-0.1, -0.05) is 17.7 Å². The smallest absolute Gasteiger partial charge is 0.245 e. The van der Waals surface area contributed by atoms with Gasteiger partial charge in [-0.15, -0.1) is 0 Å². The van der Waals surface area contributed by atoms with Crippen LogP contribution in [0.2, 0.25) is 5.02 Å². The van der Waals surface area contributed by atoms with Crippen molar-refractivity contribution >= 4 is 74.6 Å². The summed E-state index contributed by atoms with van der Waals surface area (Å²) in [7, 11) is -3.78. The van der Waals surface area contributed by atoms with Crippen molar-refractivity contribution in [3.05, 3.63) is 53.6 Å². The zero-order valence-electron chi connectivity index (χ0n) is 16.0. The second-order valence-electron chi connectivity index (χ2n) is 6.29. The van der Waals surface area contributed by atoms with Gasteiger partial charge >= 0.3 is 0 Å². The van der Waals surface area contributed by atoms with Crippen LogP contribution in [0, 0.1) is 0 Å². The Kier molecular flexibility index (Phi) is 9.07. The van der Waals surface area contributed by atoms with Crippen LogP contribution in [-0.4, -0.2) is 30.6 Å². The largest absolute Gasteiger partial charge is 0.373 e. The Morgan fingerprint density at radius 2 is 1.77 bits per heavy atom. The molecular formula is C18H20ClN5O4S3. The number of amides is 1. The number of sulfonamides is 1. The summed E-state index contributed by atoms with van der Waals surface area (Å²) < 4.78 is 22.5. The van der Waals surface area contributed by atoms with E-state index in [0.29, 0.717) is 16.4 Å². The fraction of sp³-hybridized carbons (Fsp3) is 0.167. The Bertz CT molecular complexity index is 1060. The van der Waals surface area contributed by atoms with E-state index in [0.717, 1.165) is 0 Å². The number of hydrazine groups is 1. The van der Waals surface area contributed by atoms with Crippen molar-refractivity contribution in [3.8, 4) is 0 Å². The molecule has 0 heterocycles. The minimum atomic E-state index is -3.78. The number of thiol groups is 1. The number of thiocarbonyl (C=S) groups is 1. The lowest BCUT2D eigenvalue weighted by Gasteiger charge is -2.14. The lowest BCUT2D eigenvalue weighted by atomic mass is 10.2. The minimum Gasteiger partial charge on any atom is -0.373 e. The number of nitrogens with two attached hydrogens (primary N) is 1. The molecule has 1 unspecified atom stereocenters. The summed E-state index contributed by atoms with van der Waals surface area (Å²) in [5.74, 6) is -0.931. The SMILES string of the molecule is NS(=O)(=O)c1ccc(NC(S)CC(=O)CC(=O)NNC(=S)Nc2cccc(Cl)c2)cc1. The number of rotatable bonds is 8. The maximum atomic E-state index is 12.1. The molecule has 2 aromatic carbocycles. The second kappa shape index (κ2) is 11.3. The van der Waals surface area contributed by atoms with Gasteiger partial charge in [0, 0.05) is 22.8 Å².